The molecule has 0 bridgehead atoms. The fraction of sp³-hybridized carbons (Fsp3) is 0.348. The predicted molar refractivity (Wildman–Crippen MR) is 125 cm³/mol. The van der Waals surface area contributed by atoms with E-state index in [1.807, 2.05) is 65.4 Å². The van der Waals surface area contributed by atoms with Crippen molar-refractivity contribution in [3.8, 4) is 0 Å². The number of fused-ring (bicyclic) bond motifs is 1. The zero-order valence-corrected chi connectivity index (χ0v) is 19.1. The van der Waals surface area contributed by atoms with E-state index >= 15 is 0 Å². The van der Waals surface area contributed by atoms with E-state index in [0.29, 0.717) is 17.9 Å². The number of thioether (sulfide) groups is 1. The second-order valence-corrected chi connectivity index (χ2v) is 8.82. The summed E-state index contributed by atoms with van der Waals surface area (Å²) in [4.78, 5) is 39.0. The quantitative estimate of drug-likeness (QED) is 0.445. The molecule has 0 spiro atoms. The van der Waals surface area contributed by atoms with E-state index in [1.54, 1.807) is 11.8 Å². The van der Waals surface area contributed by atoms with Crippen molar-refractivity contribution in [2.75, 3.05) is 12.0 Å². The number of benzene rings is 1. The summed E-state index contributed by atoms with van der Waals surface area (Å²) >= 11 is 1.69. The summed E-state index contributed by atoms with van der Waals surface area (Å²) in [5.74, 6) is 1.02. The largest absolute Gasteiger partial charge is 0.346 e. The lowest BCUT2D eigenvalue weighted by Gasteiger charge is -2.17. The van der Waals surface area contributed by atoms with Crippen LogP contribution in [0.1, 0.15) is 36.7 Å². The molecule has 2 N–H and O–H groups in total. The SMILES string of the molecule is CSCCC(NC(=O)CCC1NC(=O)N(Cc2ccccc2)C1=O)c1nnc2ccccn12. The first-order valence-corrected chi connectivity index (χ1v) is 12.2. The summed E-state index contributed by atoms with van der Waals surface area (Å²) in [7, 11) is 0. The molecule has 172 valence electrons. The average Bonchev–Trinajstić information content (AvgIpc) is 3.37. The highest BCUT2D eigenvalue weighted by atomic mass is 32.2. The number of aromatic nitrogens is 3. The van der Waals surface area contributed by atoms with Crippen LogP contribution in [0.25, 0.3) is 5.65 Å². The molecule has 2 aromatic heterocycles. The van der Waals surface area contributed by atoms with Gasteiger partial charge in [-0.2, -0.15) is 11.8 Å². The first-order valence-electron chi connectivity index (χ1n) is 10.8. The lowest BCUT2D eigenvalue weighted by molar-refractivity contribution is -0.128. The molecule has 4 amide bonds. The Bertz CT molecular complexity index is 1140. The van der Waals surface area contributed by atoms with E-state index in [9.17, 15) is 14.4 Å². The van der Waals surface area contributed by atoms with E-state index in [4.69, 9.17) is 0 Å². The molecule has 3 aromatic rings. The minimum atomic E-state index is -0.703. The van der Waals surface area contributed by atoms with Crippen molar-refractivity contribution < 1.29 is 14.4 Å². The number of pyridine rings is 1. The van der Waals surface area contributed by atoms with Crippen LogP contribution in [0, 0.1) is 0 Å². The Morgan fingerprint density at radius 3 is 2.73 bits per heavy atom. The maximum Gasteiger partial charge on any atom is 0.325 e. The number of nitrogens with one attached hydrogen (secondary N) is 2. The van der Waals surface area contributed by atoms with Gasteiger partial charge in [0.05, 0.1) is 12.6 Å². The Balaban J connectivity index is 1.36. The summed E-state index contributed by atoms with van der Waals surface area (Å²) in [5, 5.41) is 14.2. The standard InChI is InChI=1S/C23H26N6O3S/c1-33-14-12-17(21-27-26-19-9-5-6-13-28(19)21)24-20(30)11-10-18-22(31)29(23(32)25-18)15-16-7-3-2-4-8-16/h2-9,13,17-18H,10-12,14-15H2,1H3,(H,24,30)(H,25,32). The Labute approximate surface area is 195 Å². The minimum absolute atomic E-state index is 0.113. The van der Waals surface area contributed by atoms with Gasteiger partial charge < -0.3 is 10.6 Å². The molecular formula is C23H26N6O3S. The molecule has 10 heteroatoms. The molecule has 33 heavy (non-hydrogen) atoms. The fourth-order valence-corrected chi connectivity index (χ4v) is 4.30. The highest BCUT2D eigenvalue weighted by Gasteiger charge is 2.37. The lowest BCUT2D eigenvalue weighted by Crippen LogP contribution is -2.34. The van der Waals surface area contributed by atoms with Crippen LogP contribution >= 0.6 is 11.8 Å². The van der Waals surface area contributed by atoms with Crippen LogP contribution in [-0.4, -0.2) is 55.4 Å². The van der Waals surface area contributed by atoms with Gasteiger partial charge in [0.25, 0.3) is 5.91 Å². The zero-order chi connectivity index (χ0) is 23.2. The van der Waals surface area contributed by atoms with E-state index in [-0.39, 0.29) is 37.2 Å². The molecule has 1 aliphatic rings. The average molecular weight is 467 g/mol. The van der Waals surface area contributed by atoms with Crippen LogP contribution in [0.4, 0.5) is 4.79 Å². The number of nitrogens with zero attached hydrogens (tertiary/aromatic N) is 4. The Hall–Kier alpha value is -3.40. The highest BCUT2D eigenvalue weighted by molar-refractivity contribution is 7.98. The van der Waals surface area contributed by atoms with Crippen LogP contribution in [-0.2, 0) is 16.1 Å². The summed E-state index contributed by atoms with van der Waals surface area (Å²) in [5.41, 5.74) is 1.59. The van der Waals surface area contributed by atoms with Gasteiger partial charge in [-0.05, 0) is 42.5 Å². The van der Waals surface area contributed by atoms with Crippen molar-refractivity contribution in [2.45, 2.75) is 37.9 Å². The van der Waals surface area contributed by atoms with Crippen molar-refractivity contribution >= 4 is 35.3 Å². The normalized spacial score (nSPS) is 16.8. The van der Waals surface area contributed by atoms with Crippen LogP contribution in [0.15, 0.2) is 54.7 Å². The molecule has 0 radical (unpaired) electrons. The molecule has 1 fully saturated rings. The smallest absolute Gasteiger partial charge is 0.325 e. The zero-order valence-electron chi connectivity index (χ0n) is 18.3. The van der Waals surface area contributed by atoms with E-state index in [1.165, 1.54) is 4.90 Å². The summed E-state index contributed by atoms with van der Waals surface area (Å²) in [6, 6.07) is 13.5. The van der Waals surface area contributed by atoms with Crippen molar-refractivity contribution in [3.05, 3.63) is 66.1 Å². The van der Waals surface area contributed by atoms with Gasteiger partial charge in [-0.1, -0.05) is 36.4 Å². The Morgan fingerprint density at radius 1 is 1.15 bits per heavy atom. The fourth-order valence-electron chi connectivity index (χ4n) is 3.83. The molecule has 1 aliphatic heterocycles. The van der Waals surface area contributed by atoms with Gasteiger partial charge in [-0.3, -0.25) is 18.9 Å². The highest BCUT2D eigenvalue weighted by Crippen LogP contribution is 2.19. The van der Waals surface area contributed by atoms with Gasteiger partial charge >= 0.3 is 6.03 Å². The molecule has 1 aromatic carbocycles. The number of hydrogen-bond donors (Lipinski definition) is 2. The van der Waals surface area contributed by atoms with Crippen molar-refractivity contribution in [1.29, 1.82) is 0 Å². The van der Waals surface area contributed by atoms with Crippen LogP contribution in [0.5, 0.6) is 0 Å². The van der Waals surface area contributed by atoms with Crippen molar-refractivity contribution in [1.82, 2.24) is 30.1 Å². The van der Waals surface area contributed by atoms with Gasteiger partial charge in [0.2, 0.25) is 5.91 Å². The summed E-state index contributed by atoms with van der Waals surface area (Å²) < 4.78 is 1.87. The second kappa shape index (κ2) is 10.5. The van der Waals surface area contributed by atoms with E-state index in [0.717, 1.165) is 11.3 Å². The molecule has 3 heterocycles. The third kappa shape index (κ3) is 5.33. The number of rotatable bonds is 10. The number of urea groups is 1. The van der Waals surface area contributed by atoms with Gasteiger partial charge in [0, 0.05) is 12.6 Å². The van der Waals surface area contributed by atoms with E-state index < -0.39 is 12.1 Å². The molecule has 0 saturated carbocycles. The number of carbonyl (C=O) groups excluding carboxylic acids is 3. The first kappa shape index (κ1) is 22.8. The lowest BCUT2D eigenvalue weighted by atomic mass is 10.1. The van der Waals surface area contributed by atoms with Crippen molar-refractivity contribution in [2.24, 2.45) is 0 Å². The molecular weight excluding hydrogens is 440 g/mol. The predicted octanol–water partition coefficient (Wildman–Crippen LogP) is 2.54. The molecule has 0 aliphatic carbocycles. The Morgan fingerprint density at radius 2 is 1.94 bits per heavy atom. The van der Waals surface area contributed by atoms with Gasteiger partial charge in [-0.15, -0.1) is 10.2 Å². The molecule has 2 unspecified atom stereocenters. The van der Waals surface area contributed by atoms with Crippen molar-refractivity contribution in [3.63, 3.8) is 0 Å². The number of carbonyl (C=O) groups is 3. The summed E-state index contributed by atoms with van der Waals surface area (Å²) in [6.07, 6.45) is 4.93. The number of amides is 4. The topological polar surface area (TPSA) is 109 Å². The monoisotopic (exact) mass is 466 g/mol. The second-order valence-electron chi connectivity index (χ2n) is 7.84. The molecule has 2 atom stereocenters. The first-order chi connectivity index (χ1) is 16.1. The Kier molecular flexibility index (Phi) is 7.23. The van der Waals surface area contributed by atoms with Gasteiger partial charge in [0.1, 0.15) is 6.04 Å². The minimum Gasteiger partial charge on any atom is -0.346 e. The summed E-state index contributed by atoms with van der Waals surface area (Å²) in [6.45, 7) is 0.213. The number of hydrogen-bond acceptors (Lipinski definition) is 6. The number of imide groups is 1. The maximum absolute atomic E-state index is 12.8. The molecule has 4 rings (SSSR count). The van der Waals surface area contributed by atoms with Gasteiger partial charge in [-0.25, -0.2) is 4.79 Å². The van der Waals surface area contributed by atoms with Crippen LogP contribution in [0.3, 0.4) is 0 Å². The van der Waals surface area contributed by atoms with E-state index in [2.05, 4.69) is 20.8 Å². The van der Waals surface area contributed by atoms with Crippen LogP contribution < -0.4 is 10.6 Å². The van der Waals surface area contributed by atoms with Crippen LogP contribution in [0.2, 0.25) is 0 Å². The van der Waals surface area contributed by atoms with Gasteiger partial charge in [0.15, 0.2) is 11.5 Å². The third-order valence-electron chi connectivity index (χ3n) is 5.55. The maximum atomic E-state index is 12.8. The molecule has 1 saturated heterocycles. The third-order valence-corrected chi connectivity index (χ3v) is 6.19. The molecule has 9 nitrogen and oxygen atoms in total.